The molecule has 0 radical (unpaired) electrons. The van der Waals surface area contributed by atoms with Crippen molar-refractivity contribution in [3.63, 3.8) is 0 Å². The molecule has 1 aromatic heterocycles. The van der Waals surface area contributed by atoms with Crippen LogP contribution in [-0.4, -0.2) is 37.3 Å². The van der Waals surface area contributed by atoms with Crippen LogP contribution in [0.2, 0.25) is 0 Å². The Hall–Kier alpha value is -2.70. The van der Waals surface area contributed by atoms with E-state index in [1.807, 2.05) is 18.2 Å². The second-order valence-electron chi connectivity index (χ2n) is 5.93. The summed E-state index contributed by atoms with van der Waals surface area (Å²) in [6, 6.07) is 6.03. The second-order valence-corrected chi connectivity index (χ2v) is 5.93. The van der Waals surface area contributed by atoms with Gasteiger partial charge in [-0.15, -0.1) is 0 Å². The molecule has 1 aliphatic rings. The molecule has 1 aromatic carbocycles. The molecule has 0 atom stereocenters. The summed E-state index contributed by atoms with van der Waals surface area (Å²) in [4.78, 5) is 8.83. The van der Waals surface area contributed by atoms with Crippen molar-refractivity contribution >= 4 is 17.5 Å². The number of anilines is 3. The molecule has 1 fully saturated rings. The highest BCUT2D eigenvalue weighted by molar-refractivity contribution is 5.66. The minimum Gasteiger partial charge on any atom is -0.493 e. The number of rotatable bonds is 7. The summed E-state index contributed by atoms with van der Waals surface area (Å²) in [7, 11) is 4.75. The van der Waals surface area contributed by atoms with E-state index >= 15 is 0 Å². The summed E-state index contributed by atoms with van der Waals surface area (Å²) < 4.78 is 16.1. The summed E-state index contributed by atoms with van der Waals surface area (Å²) >= 11 is 0. The Bertz CT molecular complexity index is 692. The average Bonchev–Trinajstić information content (AvgIpc) is 3.14. The molecule has 0 amide bonds. The molecule has 7 heteroatoms. The van der Waals surface area contributed by atoms with Crippen LogP contribution in [0.15, 0.2) is 24.4 Å². The van der Waals surface area contributed by atoms with E-state index in [1.54, 1.807) is 27.5 Å². The third-order valence-electron chi connectivity index (χ3n) is 4.28. The van der Waals surface area contributed by atoms with Gasteiger partial charge in [-0.05, 0) is 18.9 Å². The molecular weight excluding hydrogens is 320 g/mol. The highest BCUT2D eigenvalue weighted by Gasteiger charge is 2.16. The van der Waals surface area contributed by atoms with Crippen molar-refractivity contribution in [1.29, 1.82) is 0 Å². The summed E-state index contributed by atoms with van der Waals surface area (Å²) in [5.41, 5.74) is 0.757. The first-order chi connectivity index (χ1) is 12.2. The molecule has 0 unspecified atom stereocenters. The van der Waals surface area contributed by atoms with E-state index < -0.39 is 0 Å². The van der Waals surface area contributed by atoms with Gasteiger partial charge in [-0.3, -0.25) is 0 Å². The van der Waals surface area contributed by atoms with Crippen LogP contribution < -0.4 is 24.8 Å². The normalized spacial score (nSPS) is 14.2. The lowest BCUT2D eigenvalue weighted by Crippen LogP contribution is -2.15. The lowest BCUT2D eigenvalue weighted by atomic mass is 10.2. The highest BCUT2D eigenvalue weighted by Crippen LogP contribution is 2.40. The summed E-state index contributed by atoms with van der Waals surface area (Å²) in [5.74, 6) is 3.04. The van der Waals surface area contributed by atoms with Crippen molar-refractivity contribution in [1.82, 2.24) is 9.97 Å². The molecule has 2 aromatic rings. The number of benzene rings is 1. The Morgan fingerprint density at radius 1 is 1.00 bits per heavy atom. The van der Waals surface area contributed by atoms with Gasteiger partial charge in [0.25, 0.3) is 0 Å². The molecule has 0 saturated heterocycles. The van der Waals surface area contributed by atoms with E-state index in [4.69, 9.17) is 14.2 Å². The van der Waals surface area contributed by atoms with Gasteiger partial charge in [0.2, 0.25) is 11.7 Å². The maximum absolute atomic E-state index is 5.37. The summed E-state index contributed by atoms with van der Waals surface area (Å²) in [6.45, 7) is 0. The van der Waals surface area contributed by atoms with E-state index in [1.165, 1.54) is 25.7 Å². The van der Waals surface area contributed by atoms with Gasteiger partial charge in [0.15, 0.2) is 11.5 Å². The summed E-state index contributed by atoms with van der Waals surface area (Å²) in [5, 5.41) is 6.66. The molecule has 7 nitrogen and oxygen atoms in total. The zero-order valence-electron chi connectivity index (χ0n) is 14.8. The largest absolute Gasteiger partial charge is 0.493 e. The number of nitrogens with zero attached hydrogens (tertiary/aromatic N) is 2. The fourth-order valence-electron chi connectivity index (χ4n) is 3.06. The zero-order valence-corrected chi connectivity index (χ0v) is 14.8. The minimum atomic E-state index is 0.504. The standard InChI is InChI=1S/C18H24N4O3/c1-23-14-10-13(11-15(24-2)17(14)25-3)21-18-19-9-8-16(22-18)20-12-6-4-5-7-12/h8-12H,4-7H2,1-3H3,(H2,19,20,21,22). The molecule has 0 bridgehead atoms. The van der Waals surface area contributed by atoms with Crippen LogP contribution in [0.25, 0.3) is 0 Å². The lowest BCUT2D eigenvalue weighted by molar-refractivity contribution is 0.324. The third kappa shape index (κ3) is 4.04. The first kappa shape index (κ1) is 17.1. The summed E-state index contributed by atoms with van der Waals surface area (Å²) in [6.07, 6.45) is 6.68. The van der Waals surface area contributed by atoms with Crippen LogP contribution in [0.4, 0.5) is 17.5 Å². The van der Waals surface area contributed by atoms with Crippen LogP contribution in [-0.2, 0) is 0 Å². The maximum atomic E-state index is 5.37. The van der Waals surface area contributed by atoms with Gasteiger partial charge in [0.1, 0.15) is 5.82 Å². The fourth-order valence-corrected chi connectivity index (χ4v) is 3.06. The molecule has 1 heterocycles. The first-order valence-corrected chi connectivity index (χ1v) is 8.40. The first-order valence-electron chi connectivity index (χ1n) is 8.40. The van der Waals surface area contributed by atoms with E-state index in [0.29, 0.717) is 29.2 Å². The molecule has 3 rings (SSSR count). The van der Waals surface area contributed by atoms with Crippen molar-refractivity contribution in [2.45, 2.75) is 31.7 Å². The van der Waals surface area contributed by atoms with E-state index in [-0.39, 0.29) is 0 Å². The van der Waals surface area contributed by atoms with Crippen LogP contribution in [0, 0.1) is 0 Å². The molecular formula is C18H24N4O3. The molecule has 25 heavy (non-hydrogen) atoms. The molecule has 0 spiro atoms. The smallest absolute Gasteiger partial charge is 0.229 e. The van der Waals surface area contributed by atoms with Gasteiger partial charge < -0.3 is 24.8 Å². The van der Waals surface area contributed by atoms with Crippen molar-refractivity contribution in [3.05, 3.63) is 24.4 Å². The monoisotopic (exact) mass is 344 g/mol. The maximum Gasteiger partial charge on any atom is 0.229 e. The predicted octanol–water partition coefficient (Wildman–Crippen LogP) is 3.60. The second kappa shape index (κ2) is 7.92. The molecule has 2 N–H and O–H groups in total. The Balaban J connectivity index is 1.79. The Morgan fingerprint density at radius 3 is 2.28 bits per heavy atom. The van der Waals surface area contributed by atoms with Gasteiger partial charge in [0, 0.05) is 30.1 Å². The van der Waals surface area contributed by atoms with E-state index in [2.05, 4.69) is 20.6 Å². The lowest BCUT2D eigenvalue weighted by Gasteiger charge is -2.15. The van der Waals surface area contributed by atoms with Crippen LogP contribution in [0.5, 0.6) is 17.2 Å². The number of nitrogens with one attached hydrogen (secondary N) is 2. The number of ether oxygens (including phenoxy) is 3. The zero-order chi connectivity index (χ0) is 17.6. The minimum absolute atomic E-state index is 0.504. The van der Waals surface area contributed by atoms with Crippen LogP contribution in [0.3, 0.4) is 0 Å². The highest BCUT2D eigenvalue weighted by atomic mass is 16.5. The number of hydrogen-bond donors (Lipinski definition) is 2. The topological polar surface area (TPSA) is 77.5 Å². The van der Waals surface area contributed by atoms with E-state index in [0.717, 1.165) is 11.5 Å². The SMILES string of the molecule is COc1cc(Nc2nccc(NC3CCCC3)n2)cc(OC)c1OC. The molecule has 1 saturated carbocycles. The average molecular weight is 344 g/mol. The van der Waals surface area contributed by atoms with Gasteiger partial charge >= 0.3 is 0 Å². The van der Waals surface area contributed by atoms with Gasteiger partial charge in [-0.2, -0.15) is 4.98 Å². The van der Waals surface area contributed by atoms with Gasteiger partial charge in [-0.1, -0.05) is 12.8 Å². The number of hydrogen-bond acceptors (Lipinski definition) is 7. The molecule has 1 aliphatic carbocycles. The Morgan fingerprint density at radius 2 is 1.68 bits per heavy atom. The predicted molar refractivity (Wildman–Crippen MR) is 97.3 cm³/mol. The van der Waals surface area contributed by atoms with Gasteiger partial charge in [-0.25, -0.2) is 4.98 Å². The van der Waals surface area contributed by atoms with Crippen molar-refractivity contribution in [3.8, 4) is 17.2 Å². The van der Waals surface area contributed by atoms with Crippen molar-refractivity contribution in [2.75, 3.05) is 32.0 Å². The van der Waals surface area contributed by atoms with E-state index in [9.17, 15) is 0 Å². The van der Waals surface area contributed by atoms with Crippen molar-refractivity contribution < 1.29 is 14.2 Å². The Labute approximate surface area is 147 Å². The van der Waals surface area contributed by atoms with Crippen LogP contribution in [0.1, 0.15) is 25.7 Å². The Kier molecular flexibility index (Phi) is 5.42. The quantitative estimate of drug-likeness (QED) is 0.794. The molecule has 0 aliphatic heterocycles. The van der Waals surface area contributed by atoms with Gasteiger partial charge in [0.05, 0.1) is 21.3 Å². The van der Waals surface area contributed by atoms with Crippen LogP contribution >= 0.6 is 0 Å². The third-order valence-corrected chi connectivity index (χ3v) is 4.28. The molecule has 134 valence electrons. The van der Waals surface area contributed by atoms with Crippen molar-refractivity contribution in [2.24, 2.45) is 0 Å². The fraction of sp³-hybridized carbons (Fsp3) is 0.444. The number of methoxy groups -OCH3 is 3. The number of aromatic nitrogens is 2.